The lowest BCUT2D eigenvalue weighted by molar-refractivity contribution is 1.07. The van der Waals surface area contributed by atoms with E-state index < -0.39 is 0 Å². The third-order valence-corrected chi connectivity index (χ3v) is 18.7. The Morgan fingerprint density at radius 1 is 0.265 bits per heavy atom. The van der Waals surface area contributed by atoms with Crippen molar-refractivity contribution >= 4 is 49.3 Å². The molecule has 17 rings (SSSR count). The molecule has 0 radical (unpaired) electrons. The van der Waals surface area contributed by atoms with Crippen molar-refractivity contribution in [3.05, 3.63) is 350 Å². The van der Waals surface area contributed by atoms with Gasteiger partial charge >= 0.3 is 0 Å². The summed E-state index contributed by atoms with van der Waals surface area (Å²) in [5, 5.41) is 25.0. The summed E-state index contributed by atoms with van der Waals surface area (Å²) in [5.41, 5.74) is 23.3. The van der Waals surface area contributed by atoms with E-state index in [0.29, 0.717) is 45.4 Å². The van der Waals surface area contributed by atoms with E-state index in [9.17, 15) is 10.5 Å². The normalized spacial score (nSPS) is 11.2. The zero-order valence-corrected chi connectivity index (χ0v) is 52.8. The first kappa shape index (κ1) is 58.0. The summed E-state index contributed by atoms with van der Waals surface area (Å²) in [6.07, 6.45) is 0. The molecule has 3 aromatic heterocycles. The molecule has 454 valence electrons. The fourth-order valence-corrected chi connectivity index (χ4v) is 14.0. The van der Waals surface area contributed by atoms with E-state index in [1.165, 1.54) is 0 Å². The van der Waals surface area contributed by atoms with Crippen LogP contribution in [0.4, 0.5) is 5.69 Å². The largest absolute Gasteiger partial charge is 0.309 e. The Morgan fingerprint density at radius 2 is 0.612 bits per heavy atom. The third kappa shape index (κ3) is 10.3. The molecule has 0 atom stereocenters. The minimum absolute atomic E-state index is 0.419. The Hall–Kier alpha value is -13.8. The van der Waals surface area contributed by atoms with Crippen molar-refractivity contribution in [3.8, 4) is 136 Å². The molecule has 0 amide bonds. The van der Waals surface area contributed by atoms with Crippen LogP contribution in [0.1, 0.15) is 11.1 Å². The van der Waals surface area contributed by atoms with Gasteiger partial charge in [0, 0.05) is 49.4 Å². The van der Waals surface area contributed by atoms with Gasteiger partial charge < -0.3 is 9.13 Å². The highest BCUT2D eigenvalue weighted by Gasteiger charge is 2.25. The van der Waals surface area contributed by atoms with Crippen LogP contribution in [-0.4, -0.2) is 24.1 Å². The number of nitrogens with zero attached hydrogens (tertiary/aromatic N) is 8. The van der Waals surface area contributed by atoms with Crippen molar-refractivity contribution in [2.75, 3.05) is 0 Å². The predicted molar refractivity (Wildman–Crippen MR) is 399 cm³/mol. The monoisotopic (exact) mass is 1250 g/mol. The summed E-state index contributed by atoms with van der Waals surface area (Å²) in [6.45, 7) is 8.50. The molecule has 8 heteroatoms. The molecule has 0 unspecified atom stereocenters. The lowest BCUT2D eigenvalue weighted by Gasteiger charge is -2.18. The zero-order valence-electron chi connectivity index (χ0n) is 52.8. The quantitative estimate of drug-likeness (QED) is 0.113. The molecule has 8 nitrogen and oxygen atoms in total. The van der Waals surface area contributed by atoms with E-state index in [1.807, 2.05) is 115 Å². The number of aromatic nitrogens is 5. The second kappa shape index (κ2) is 24.6. The molecule has 98 heavy (non-hydrogen) atoms. The standard InChI is InChI=1S/C90H54N8/c1-93-81-33-19-18-31-73(81)75-45-39-69(55-87(75)98-84-48-42-66(61-24-10-4-11-25-61)52-79(84)80-53-67(43-49-85(80)98)62-26-12-5-13-27-62)89-94-88(95-90(96-89)76-32-17-16-29-71(76)63-36-34-58(56-91)35-37-63)68-38-44-74(72-30-15-14-28-70(72)57-92)86(54-68)97-82-46-40-64(59-20-6-2-7-21-59)50-77(82)78-51-65(41-47-83(78)97)60-22-8-3-9-23-60/h2-55H. The number of nitriles is 2. The number of benzene rings is 14. The van der Waals surface area contributed by atoms with E-state index in [2.05, 4.69) is 238 Å². The molecule has 0 saturated carbocycles. The summed E-state index contributed by atoms with van der Waals surface area (Å²) in [5.74, 6) is 1.28. The number of fused-ring (bicyclic) bond motifs is 6. The Labute approximate surface area is 566 Å². The highest BCUT2D eigenvalue weighted by atomic mass is 15.0. The van der Waals surface area contributed by atoms with Crippen LogP contribution in [0.25, 0.3) is 172 Å². The van der Waals surface area contributed by atoms with Gasteiger partial charge in [0.1, 0.15) is 0 Å². The first-order chi connectivity index (χ1) is 48.4. The van der Waals surface area contributed by atoms with Crippen LogP contribution in [0.15, 0.2) is 328 Å². The lowest BCUT2D eigenvalue weighted by Crippen LogP contribution is -2.04. The van der Waals surface area contributed by atoms with E-state index in [1.54, 1.807) is 0 Å². The molecule has 0 bridgehead atoms. The Bertz CT molecular complexity index is 5610. The van der Waals surface area contributed by atoms with E-state index in [4.69, 9.17) is 21.5 Å². The van der Waals surface area contributed by atoms with Crippen molar-refractivity contribution in [1.82, 2.24) is 24.1 Å². The molecule has 0 aliphatic carbocycles. The molecule has 0 saturated heterocycles. The molecule has 3 heterocycles. The molecule has 0 N–H and O–H groups in total. The summed E-state index contributed by atoms with van der Waals surface area (Å²) < 4.78 is 4.66. The van der Waals surface area contributed by atoms with Gasteiger partial charge in [-0.25, -0.2) is 19.8 Å². The van der Waals surface area contributed by atoms with Gasteiger partial charge in [0.2, 0.25) is 0 Å². The Balaban J connectivity index is 0.933. The summed E-state index contributed by atoms with van der Waals surface area (Å²) in [4.78, 5) is 20.7. The van der Waals surface area contributed by atoms with Gasteiger partial charge in [0.25, 0.3) is 0 Å². The number of para-hydroxylation sites is 1. The van der Waals surface area contributed by atoms with Crippen LogP contribution in [0, 0.1) is 29.2 Å². The van der Waals surface area contributed by atoms with Gasteiger partial charge in [-0.05, 0) is 146 Å². The second-order valence-corrected chi connectivity index (χ2v) is 24.4. The Morgan fingerprint density at radius 3 is 1.03 bits per heavy atom. The fraction of sp³-hybridized carbons (Fsp3) is 0. The minimum atomic E-state index is 0.419. The van der Waals surface area contributed by atoms with Crippen LogP contribution >= 0.6 is 0 Å². The maximum atomic E-state index is 10.9. The van der Waals surface area contributed by atoms with E-state index >= 15 is 0 Å². The lowest BCUT2D eigenvalue weighted by atomic mass is 9.96. The maximum absolute atomic E-state index is 10.9. The molecule has 0 aliphatic rings. The van der Waals surface area contributed by atoms with Gasteiger partial charge in [0.15, 0.2) is 23.2 Å². The van der Waals surface area contributed by atoms with E-state index in [-0.39, 0.29) is 0 Å². The van der Waals surface area contributed by atoms with Crippen LogP contribution in [0.2, 0.25) is 0 Å². The van der Waals surface area contributed by atoms with Gasteiger partial charge in [-0.1, -0.05) is 249 Å². The van der Waals surface area contributed by atoms with Crippen LogP contribution in [0.5, 0.6) is 0 Å². The van der Waals surface area contributed by atoms with Gasteiger partial charge in [-0.2, -0.15) is 10.5 Å². The van der Waals surface area contributed by atoms with Crippen molar-refractivity contribution in [3.63, 3.8) is 0 Å². The molecular weight excluding hydrogens is 1190 g/mol. The molecule has 0 fully saturated rings. The highest BCUT2D eigenvalue weighted by Crippen LogP contribution is 2.46. The summed E-state index contributed by atoms with van der Waals surface area (Å²) >= 11 is 0. The average molecular weight is 1250 g/mol. The van der Waals surface area contributed by atoms with Crippen molar-refractivity contribution < 1.29 is 0 Å². The van der Waals surface area contributed by atoms with Crippen LogP contribution in [0.3, 0.4) is 0 Å². The Kier molecular flexibility index (Phi) is 14.5. The smallest absolute Gasteiger partial charge is 0.194 e. The van der Waals surface area contributed by atoms with Crippen molar-refractivity contribution in [2.45, 2.75) is 0 Å². The van der Waals surface area contributed by atoms with Gasteiger partial charge in [0.05, 0.1) is 63.3 Å². The molecule has 0 spiro atoms. The highest BCUT2D eigenvalue weighted by molar-refractivity contribution is 6.14. The molecular formula is C90H54N8. The first-order valence-corrected chi connectivity index (χ1v) is 32.5. The molecule has 0 aliphatic heterocycles. The topological polar surface area (TPSA) is 100 Å². The minimum Gasteiger partial charge on any atom is -0.309 e. The van der Waals surface area contributed by atoms with Gasteiger partial charge in [-0.15, -0.1) is 0 Å². The van der Waals surface area contributed by atoms with Crippen LogP contribution < -0.4 is 0 Å². The second-order valence-electron chi connectivity index (χ2n) is 24.4. The first-order valence-electron chi connectivity index (χ1n) is 32.5. The summed E-state index contributed by atoms with van der Waals surface area (Å²) in [6, 6.07) is 117. The molecule has 17 aromatic rings. The van der Waals surface area contributed by atoms with Crippen molar-refractivity contribution in [2.24, 2.45) is 0 Å². The zero-order chi connectivity index (χ0) is 65.6. The number of hydrogen-bond donors (Lipinski definition) is 0. The average Bonchev–Trinajstić information content (AvgIpc) is 1.56. The number of rotatable bonds is 12. The SMILES string of the molecule is [C-]#[N+]c1ccccc1-c1ccc(-c2nc(-c3ccc(-c4ccccc4C#N)c(-n4c5ccc(-c6ccccc6)cc5c5cc(-c6ccccc6)ccc54)c3)nc(-c3ccccc3-c3ccc(C#N)cc3)n2)cc1-n1c2ccc(-c3ccccc3)cc2c2cc(-c3ccccc3)ccc21. The maximum Gasteiger partial charge on any atom is 0.194 e. The summed E-state index contributed by atoms with van der Waals surface area (Å²) in [7, 11) is 0. The fourth-order valence-electron chi connectivity index (χ4n) is 14.0. The number of hydrogen-bond acceptors (Lipinski definition) is 5. The van der Waals surface area contributed by atoms with Crippen molar-refractivity contribution in [1.29, 1.82) is 10.5 Å². The third-order valence-electron chi connectivity index (χ3n) is 18.7. The van der Waals surface area contributed by atoms with Crippen LogP contribution in [-0.2, 0) is 0 Å². The van der Waals surface area contributed by atoms with Gasteiger partial charge in [-0.3, -0.25) is 0 Å². The van der Waals surface area contributed by atoms with E-state index in [0.717, 1.165) is 138 Å². The molecule has 14 aromatic carbocycles. The predicted octanol–water partition coefficient (Wildman–Crippen LogP) is 23.0.